The summed E-state index contributed by atoms with van der Waals surface area (Å²) in [5, 5.41) is 6.72. The Morgan fingerprint density at radius 1 is 1.07 bits per heavy atom. The molecule has 3 aromatic rings. The normalized spacial score (nSPS) is 14.1. The number of amides is 2. The molecule has 0 atom stereocenters. The van der Waals surface area contributed by atoms with Crippen LogP contribution in [-0.2, 0) is 11.3 Å². The Hall–Kier alpha value is -3.41. The van der Waals surface area contributed by atoms with Crippen LogP contribution in [0.3, 0.4) is 0 Å². The maximum atomic E-state index is 12.5. The Labute approximate surface area is 163 Å². The van der Waals surface area contributed by atoms with Crippen molar-refractivity contribution in [3.63, 3.8) is 0 Å². The zero-order valence-corrected chi connectivity index (χ0v) is 15.4. The van der Waals surface area contributed by atoms with E-state index in [0.29, 0.717) is 24.4 Å². The lowest BCUT2D eigenvalue weighted by Crippen LogP contribution is -2.34. The summed E-state index contributed by atoms with van der Waals surface area (Å²) in [6, 6.07) is 18.7. The second-order valence-electron chi connectivity index (χ2n) is 6.87. The van der Waals surface area contributed by atoms with Crippen molar-refractivity contribution in [2.24, 2.45) is 0 Å². The zero-order valence-electron chi connectivity index (χ0n) is 15.4. The number of anilines is 1. The van der Waals surface area contributed by atoms with Crippen molar-refractivity contribution in [3.8, 4) is 11.3 Å². The van der Waals surface area contributed by atoms with Gasteiger partial charge in [-0.15, -0.1) is 0 Å². The molecule has 4 rings (SSSR count). The summed E-state index contributed by atoms with van der Waals surface area (Å²) in [5.74, 6) is 0.400. The van der Waals surface area contributed by atoms with Crippen LogP contribution in [0.2, 0.25) is 0 Å². The van der Waals surface area contributed by atoms with Crippen LogP contribution in [0.5, 0.6) is 0 Å². The van der Waals surface area contributed by atoms with Crippen LogP contribution in [-0.4, -0.2) is 28.4 Å². The highest BCUT2D eigenvalue weighted by molar-refractivity contribution is 6.03. The van der Waals surface area contributed by atoms with Crippen LogP contribution < -0.4 is 5.32 Å². The van der Waals surface area contributed by atoms with E-state index in [4.69, 9.17) is 4.52 Å². The van der Waals surface area contributed by atoms with Crippen molar-refractivity contribution < 1.29 is 14.1 Å². The topological polar surface area (TPSA) is 75.4 Å². The van der Waals surface area contributed by atoms with Gasteiger partial charge in [0.25, 0.3) is 5.91 Å². The van der Waals surface area contributed by atoms with Gasteiger partial charge in [0.2, 0.25) is 5.91 Å². The highest BCUT2D eigenvalue weighted by Gasteiger charge is 2.18. The summed E-state index contributed by atoms with van der Waals surface area (Å²) in [4.78, 5) is 26.4. The standard InChI is InChI=1S/C22H21N3O3/c26-21-11-4-5-12-25(21)15-16-7-6-10-18(13-16)23-22(27)19-14-20(28-24-19)17-8-2-1-3-9-17/h1-3,6-10,13-14H,4-5,11-12,15H2,(H,23,27). The van der Waals surface area contributed by atoms with Crippen LogP contribution in [0.15, 0.2) is 65.2 Å². The van der Waals surface area contributed by atoms with Crippen molar-refractivity contribution in [1.29, 1.82) is 0 Å². The van der Waals surface area contributed by atoms with Crippen molar-refractivity contribution in [3.05, 3.63) is 71.9 Å². The van der Waals surface area contributed by atoms with E-state index in [2.05, 4.69) is 10.5 Å². The molecule has 0 unspecified atom stereocenters. The first kappa shape index (κ1) is 18.0. The third kappa shape index (κ3) is 4.11. The van der Waals surface area contributed by atoms with Gasteiger partial charge in [-0.2, -0.15) is 0 Å². The first-order valence-corrected chi connectivity index (χ1v) is 9.39. The van der Waals surface area contributed by atoms with E-state index in [1.165, 1.54) is 0 Å². The molecule has 1 saturated heterocycles. The van der Waals surface area contributed by atoms with E-state index in [9.17, 15) is 9.59 Å². The number of piperidine rings is 1. The molecule has 0 bridgehead atoms. The van der Waals surface area contributed by atoms with E-state index >= 15 is 0 Å². The molecule has 0 spiro atoms. The van der Waals surface area contributed by atoms with Crippen LogP contribution in [0.4, 0.5) is 5.69 Å². The fourth-order valence-corrected chi connectivity index (χ4v) is 3.31. The highest BCUT2D eigenvalue weighted by Crippen LogP contribution is 2.21. The number of nitrogens with one attached hydrogen (secondary N) is 1. The summed E-state index contributed by atoms with van der Waals surface area (Å²) >= 11 is 0. The van der Waals surface area contributed by atoms with E-state index in [1.54, 1.807) is 6.07 Å². The fourth-order valence-electron chi connectivity index (χ4n) is 3.31. The summed E-state index contributed by atoms with van der Waals surface area (Å²) in [6.45, 7) is 1.35. The largest absolute Gasteiger partial charge is 0.355 e. The molecule has 1 aliphatic heterocycles. The molecular formula is C22H21N3O3. The Morgan fingerprint density at radius 3 is 2.75 bits per heavy atom. The Balaban J connectivity index is 1.43. The molecule has 1 aromatic heterocycles. The number of carbonyl (C=O) groups is 2. The summed E-state index contributed by atoms with van der Waals surface area (Å²) < 4.78 is 5.29. The number of nitrogens with zero attached hydrogens (tertiary/aromatic N) is 2. The van der Waals surface area contributed by atoms with Gasteiger partial charge < -0.3 is 14.7 Å². The molecule has 6 nitrogen and oxygen atoms in total. The monoisotopic (exact) mass is 375 g/mol. The van der Waals surface area contributed by atoms with Crippen LogP contribution >= 0.6 is 0 Å². The molecule has 1 aliphatic rings. The predicted octanol–water partition coefficient (Wildman–Crippen LogP) is 4.11. The van der Waals surface area contributed by atoms with Gasteiger partial charge in [0.05, 0.1) is 0 Å². The average Bonchev–Trinajstić information content (AvgIpc) is 3.21. The number of hydrogen-bond donors (Lipinski definition) is 1. The SMILES string of the molecule is O=C(Nc1cccc(CN2CCCCC2=O)c1)c1cc(-c2ccccc2)on1. The fraction of sp³-hybridized carbons (Fsp3) is 0.227. The molecule has 28 heavy (non-hydrogen) atoms. The molecule has 1 fully saturated rings. The second kappa shape index (κ2) is 8.08. The van der Waals surface area contributed by atoms with Crippen LogP contribution in [0, 0.1) is 0 Å². The third-order valence-electron chi connectivity index (χ3n) is 4.78. The lowest BCUT2D eigenvalue weighted by Gasteiger charge is -2.26. The first-order chi connectivity index (χ1) is 13.7. The number of rotatable bonds is 5. The summed E-state index contributed by atoms with van der Waals surface area (Å²) in [7, 11) is 0. The van der Waals surface area contributed by atoms with Gasteiger partial charge in [-0.05, 0) is 30.5 Å². The van der Waals surface area contributed by atoms with E-state index in [-0.39, 0.29) is 17.5 Å². The Morgan fingerprint density at radius 2 is 1.93 bits per heavy atom. The molecule has 0 aliphatic carbocycles. The maximum Gasteiger partial charge on any atom is 0.277 e. The maximum absolute atomic E-state index is 12.5. The van der Waals surface area contributed by atoms with Gasteiger partial charge >= 0.3 is 0 Å². The summed E-state index contributed by atoms with van der Waals surface area (Å²) in [6.07, 6.45) is 2.62. The summed E-state index contributed by atoms with van der Waals surface area (Å²) in [5.41, 5.74) is 2.73. The number of aromatic nitrogens is 1. The van der Waals surface area contributed by atoms with E-state index in [1.807, 2.05) is 59.5 Å². The number of hydrogen-bond acceptors (Lipinski definition) is 4. The van der Waals surface area contributed by atoms with Crippen LogP contribution in [0.1, 0.15) is 35.3 Å². The third-order valence-corrected chi connectivity index (χ3v) is 4.78. The molecule has 0 saturated carbocycles. The minimum atomic E-state index is -0.336. The number of carbonyl (C=O) groups excluding carboxylic acids is 2. The number of benzene rings is 2. The quantitative estimate of drug-likeness (QED) is 0.728. The molecule has 2 heterocycles. The molecule has 142 valence electrons. The average molecular weight is 375 g/mol. The lowest BCUT2D eigenvalue weighted by atomic mass is 10.1. The van der Waals surface area contributed by atoms with Crippen molar-refractivity contribution >= 4 is 17.5 Å². The van der Waals surface area contributed by atoms with Gasteiger partial charge in [0.1, 0.15) is 0 Å². The van der Waals surface area contributed by atoms with Crippen molar-refractivity contribution in [1.82, 2.24) is 10.1 Å². The minimum Gasteiger partial charge on any atom is -0.355 e. The van der Waals surface area contributed by atoms with Gasteiger partial charge in [-0.3, -0.25) is 9.59 Å². The van der Waals surface area contributed by atoms with Gasteiger partial charge in [0, 0.05) is 36.8 Å². The zero-order chi connectivity index (χ0) is 19.3. The Kier molecular flexibility index (Phi) is 5.19. The van der Waals surface area contributed by atoms with Crippen LogP contribution in [0.25, 0.3) is 11.3 Å². The molecule has 1 N–H and O–H groups in total. The van der Waals surface area contributed by atoms with Gasteiger partial charge in [-0.1, -0.05) is 47.6 Å². The molecule has 6 heteroatoms. The first-order valence-electron chi connectivity index (χ1n) is 9.39. The highest BCUT2D eigenvalue weighted by atomic mass is 16.5. The van der Waals surface area contributed by atoms with Gasteiger partial charge in [0.15, 0.2) is 11.5 Å². The molecule has 2 amide bonds. The molecular weight excluding hydrogens is 354 g/mol. The Bertz CT molecular complexity index is 981. The smallest absolute Gasteiger partial charge is 0.277 e. The minimum absolute atomic E-state index is 0.191. The van der Waals surface area contributed by atoms with E-state index < -0.39 is 0 Å². The number of likely N-dealkylation sites (tertiary alicyclic amines) is 1. The molecule has 0 radical (unpaired) electrons. The van der Waals surface area contributed by atoms with Gasteiger partial charge in [-0.25, -0.2) is 0 Å². The van der Waals surface area contributed by atoms with Crippen molar-refractivity contribution in [2.75, 3.05) is 11.9 Å². The van der Waals surface area contributed by atoms with Crippen molar-refractivity contribution in [2.45, 2.75) is 25.8 Å². The predicted molar refractivity (Wildman–Crippen MR) is 106 cm³/mol. The molecule has 2 aromatic carbocycles. The lowest BCUT2D eigenvalue weighted by molar-refractivity contribution is -0.133. The second-order valence-corrected chi connectivity index (χ2v) is 6.87. The van der Waals surface area contributed by atoms with E-state index in [0.717, 1.165) is 30.5 Å².